The Hall–Kier alpha value is -1.04. The fourth-order valence-corrected chi connectivity index (χ4v) is 4.51. The number of hydrogen-bond donors (Lipinski definition) is 0. The van der Waals surface area contributed by atoms with Crippen LogP contribution in [0.2, 0.25) is 0 Å². The van der Waals surface area contributed by atoms with Gasteiger partial charge in [0, 0.05) is 50.1 Å². The SMILES string of the molecule is CC(=O)N1CCC[C@@H](c2nc(C3CCC(F)(F)CC3)cs2)C1. The molecule has 0 N–H and O–H groups in total. The zero-order chi connectivity index (χ0) is 15.7. The predicted molar refractivity (Wildman–Crippen MR) is 82.5 cm³/mol. The molecule has 22 heavy (non-hydrogen) atoms. The molecule has 1 aliphatic carbocycles. The number of alkyl halides is 2. The van der Waals surface area contributed by atoms with E-state index in [2.05, 4.69) is 0 Å². The molecule has 1 aliphatic heterocycles. The van der Waals surface area contributed by atoms with E-state index in [0.29, 0.717) is 18.8 Å². The Balaban J connectivity index is 1.65. The number of aromatic nitrogens is 1. The summed E-state index contributed by atoms with van der Waals surface area (Å²) >= 11 is 1.63. The summed E-state index contributed by atoms with van der Waals surface area (Å²) in [6.45, 7) is 3.19. The molecule has 3 nitrogen and oxygen atoms in total. The van der Waals surface area contributed by atoms with Crippen molar-refractivity contribution in [2.45, 2.75) is 63.2 Å². The predicted octanol–water partition coefficient (Wildman–Crippen LogP) is 4.16. The Morgan fingerprint density at radius 3 is 2.73 bits per heavy atom. The number of amides is 1. The molecule has 1 aromatic rings. The molecule has 0 unspecified atom stereocenters. The fraction of sp³-hybridized carbons (Fsp3) is 0.750. The van der Waals surface area contributed by atoms with Crippen molar-refractivity contribution in [3.8, 4) is 0 Å². The largest absolute Gasteiger partial charge is 0.342 e. The van der Waals surface area contributed by atoms with Crippen molar-refractivity contribution in [3.05, 3.63) is 16.1 Å². The molecule has 1 atom stereocenters. The lowest BCUT2D eigenvalue weighted by Gasteiger charge is -2.31. The third-order valence-corrected chi connectivity index (χ3v) is 5.92. The molecule has 1 saturated carbocycles. The molecule has 2 fully saturated rings. The van der Waals surface area contributed by atoms with Crippen molar-refractivity contribution in [3.63, 3.8) is 0 Å². The molecule has 0 aromatic carbocycles. The lowest BCUT2D eigenvalue weighted by molar-refractivity contribution is -0.130. The van der Waals surface area contributed by atoms with E-state index in [1.54, 1.807) is 18.3 Å². The van der Waals surface area contributed by atoms with Gasteiger partial charge in [-0.05, 0) is 25.7 Å². The monoisotopic (exact) mass is 328 g/mol. The normalized spacial score (nSPS) is 26.1. The number of likely N-dealkylation sites (tertiary alicyclic amines) is 1. The van der Waals surface area contributed by atoms with E-state index < -0.39 is 5.92 Å². The summed E-state index contributed by atoms with van der Waals surface area (Å²) in [5.74, 6) is -1.88. The summed E-state index contributed by atoms with van der Waals surface area (Å²) in [6.07, 6.45) is 3.08. The minimum Gasteiger partial charge on any atom is -0.342 e. The Bertz CT molecular complexity index is 536. The highest BCUT2D eigenvalue weighted by molar-refractivity contribution is 7.09. The van der Waals surface area contributed by atoms with Gasteiger partial charge in [-0.15, -0.1) is 11.3 Å². The number of piperidine rings is 1. The first-order valence-corrected chi connectivity index (χ1v) is 8.91. The summed E-state index contributed by atoms with van der Waals surface area (Å²) in [6, 6.07) is 0. The smallest absolute Gasteiger partial charge is 0.248 e. The van der Waals surface area contributed by atoms with Crippen LogP contribution >= 0.6 is 11.3 Å². The number of thiazole rings is 1. The molecule has 1 aromatic heterocycles. The second-order valence-corrected chi connectivity index (χ2v) is 7.43. The van der Waals surface area contributed by atoms with Gasteiger partial charge in [-0.1, -0.05) is 0 Å². The maximum Gasteiger partial charge on any atom is 0.248 e. The summed E-state index contributed by atoms with van der Waals surface area (Å²) in [5.41, 5.74) is 0.982. The van der Waals surface area contributed by atoms with Crippen molar-refractivity contribution in [1.29, 1.82) is 0 Å². The van der Waals surface area contributed by atoms with Crippen LogP contribution in [0.25, 0.3) is 0 Å². The minimum atomic E-state index is -2.49. The molecular weight excluding hydrogens is 306 g/mol. The van der Waals surface area contributed by atoms with Gasteiger partial charge in [0.1, 0.15) is 0 Å². The van der Waals surface area contributed by atoms with Gasteiger partial charge in [-0.3, -0.25) is 4.79 Å². The van der Waals surface area contributed by atoms with Gasteiger partial charge >= 0.3 is 0 Å². The second kappa shape index (κ2) is 6.22. The lowest BCUT2D eigenvalue weighted by atomic mass is 9.85. The first-order valence-electron chi connectivity index (χ1n) is 8.03. The van der Waals surface area contributed by atoms with Crippen molar-refractivity contribution >= 4 is 17.2 Å². The van der Waals surface area contributed by atoms with Crippen LogP contribution in [0.3, 0.4) is 0 Å². The van der Waals surface area contributed by atoms with Crippen molar-refractivity contribution < 1.29 is 13.6 Å². The zero-order valence-electron chi connectivity index (χ0n) is 12.9. The van der Waals surface area contributed by atoms with Crippen LogP contribution in [0.5, 0.6) is 0 Å². The number of halogens is 2. The first-order chi connectivity index (χ1) is 10.4. The number of nitrogens with zero attached hydrogens (tertiary/aromatic N) is 2. The zero-order valence-corrected chi connectivity index (χ0v) is 13.7. The maximum absolute atomic E-state index is 13.3. The van der Waals surface area contributed by atoms with Gasteiger partial charge in [0.05, 0.1) is 10.7 Å². The summed E-state index contributed by atoms with van der Waals surface area (Å²) in [5, 5.41) is 3.11. The van der Waals surface area contributed by atoms with Gasteiger partial charge < -0.3 is 4.90 Å². The highest BCUT2D eigenvalue weighted by Gasteiger charge is 2.36. The Morgan fingerprint density at radius 2 is 2.05 bits per heavy atom. The molecule has 6 heteroatoms. The van der Waals surface area contributed by atoms with Gasteiger partial charge in [0.25, 0.3) is 0 Å². The van der Waals surface area contributed by atoms with Crippen LogP contribution in [0.1, 0.15) is 68.0 Å². The molecule has 2 aliphatic rings. The summed E-state index contributed by atoms with van der Waals surface area (Å²) < 4.78 is 26.5. The second-order valence-electron chi connectivity index (χ2n) is 6.55. The Labute approximate surface area is 133 Å². The highest BCUT2D eigenvalue weighted by Crippen LogP contribution is 2.41. The molecule has 0 radical (unpaired) electrons. The van der Waals surface area contributed by atoms with Crippen LogP contribution in [-0.2, 0) is 4.79 Å². The Kier molecular flexibility index (Phi) is 4.48. The molecule has 0 bridgehead atoms. The molecule has 1 saturated heterocycles. The van der Waals surface area contributed by atoms with Gasteiger partial charge in [0.2, 0.25) is 11.8 Å². The highest BCUT2D eigenvalue weighted by atomic mass is 32.1. The van der Waals surface area contributed by atoms with Crippen molar-refractivity contribution in [2.24, 2.45) is 0 Å². The van der Waals surface area contributed by atoms with Crippen LogP contribution in [-0.4, -0.2) is 34.8 Å². The molecule has 3 rings (SSSR count). The van der Waals surface area contributed by atoms with E-state index >= 15 is 0 Å². The lowest BCUT2D eigenvalue weighted by Crippen LogP contribution is -2.37. The fourth-order valence-electron chi connectivity index (χ4n) is 3.48. The van der Waals surface area contributed by atoms with E-state index in [1.807, 2.05) is 10.3 Å². The van der Waals surface area contributed by atoms with E-state index in [0.717, 1.165) is 36.6 Å². The van der Waals surface area contributed by atoms with Crippen LogP contribution in [0, 0.1) is 0 Å². The van der Waals surface area contributed by atoms with Crippen molar-refractivity contribution in [1.82, 2.24) is 9.88 Å². The first kappa shape index (κ1) is 15.8. The van der Waals surface area contributed by atoms with E-state index in [-0.39, 0.29) is 24.7 Å². The average molecular weight is 328 g/mol. The standard InChI is InChI=1S/C16H22F2N2OS/c1-11(21)20-8-2-3-13(9-20)15-19-14(10-22-15)12-4-6-16(17,18)7-5-12/h10,12-13H,2-9H2,1H3/t13-/m1/s1. The van der Waals surface area contributed by atoms with Crippen LogP contribution in [0.4, 0.5) is 8.78 Å². The molecule has 0 spiro atoms. The maximum atomic E-state index is 13.3. The molecular formula is C16H22F2N2OS. The number of rotatable bonds is 2. The van der Waals surface area contributed by atoms with Gasteiger partial charge in [-0.25, -0.2) is 13.8 Å². The Morgan fingerprint density at radius 1 is 1.32 bits per heavy atom. The number of hydrogen-bond acceptors (Lipinski definition) is 3. The van der Waals surface area contributed by atoms with Crippen LogP contribution in [0.15, 0.2) is 5.38 Å². The van der Waals surface area contributed by atoms with Gasteiger partial charge in [0.15, 0.2) is 0 Å². The molecule has 1 amide bonds. The minimum absolute atomic E-state index is 0.0218. The number of carbonyl (C=O) groups is 1. The third kappa shape index (κ3) is 3.47. The summed E-state index contributed by atoms with van der Waals surface area (Å²) in [7, 11) is 0. The quantitative estimate of drug-likeness (QED) is 0.816. The average Bonchev–Trinajstić information content (AvgIpc) is 2.97. The number of carbonyl (C=O) groups excluding carboxylic acids is 1. The molecule has 2 heterocycles. The van der Waals surface area contributed by atoms with Gasteiger partial charge in [-0.2, -0.15) is 0 Å². The molecule has 122 valence electrons. The third-order valence-electron chi connectivity index (χ3n) is 4.89. The van der Waals surface area contributed by atoms with E-state index in [9.17, 15) is 13.6 Å². The van der Waals surface area contributed by atoms with E-state index in [1.165, 1.54) is 0 Å². The van der Waals surface area contributed by atoms with Crippen molar-refractivity contribution in [2.75, 3.05) is 13.1 Å². The topological polar surface area (TPSA) is 33.2 Å². The summed E-state index contributed by atoms with van der Waals surface area (Å²) in [4.78, 5) is 18.1. The van der Waals surface area contributed by atoms with E-state index in [4.69, 9.17) is 4.98 Å². The van der Waals surface area contributed by atoms with Crippen LogP contribution < -0.4 is 0 Å².